The molecule has 0 spiro atoms. The number of nitrogens with two attached hydrogens (primary N) is 1. The van der Waals surface area contributed by atoms with Crippen molar-refractivity contribution in [1.82, 2.24) is 14.9 Å². The van der Waals surface area contributed by atoms with Gasteiger partial charge in [-0.1, -0.05) is 6.07 Å². The molecule has 2 aromatic rings. The average molecular weight is 463 g/mol. The summed E-state index contributed by atoms with van der Waals surface area (Å²) in [5.41, 5.74) is 5.57. The standard InChI is InChI=1S/C22H27F2N5O4/c1-3-32-16-7-10-26-18(12-16)27-17-5-4-14(2)19(28-17)20(30)29-13-22(23,24)9-6-15(29)8-11-33-21(25)31/h4-5,7,10,12,15H,3,6,8-9,11,13H2,1-2H3,(H2,25,31)(H,26,27,28)/t15-/m1/s1. The first-order chi connectivity index (χ1) is 15.7. The van der Waals surface area contributed by atoms with Gasteiger partial charge in [0.2, 0.25) is 0 Å². The van der Waals surface area contributed by atoms with E-state index in [1.165, 1.54) is 0 Å². The van der Waals surface area contributed by atoms with Gasteiger partial charge in [0.05, 0.1) is 19.8 Å². The van der Waals surface area contributed by atoms with Gasteiger partial charge in [-0.05, 0) is 38.0 Å². The minimum atomic E-state index is -3.01. The Hall–Kier alpha value is -3.50. The van der Waals surface area contributed by atoms with Gasteiger partial charge in [-0.2, -0.15) is 0 Å². The largest absolute Gasteiger partial charge is 0.494 e. The summed E-state index contributed by atoms with van der Waals surface area (Å²) in [4.78, 5) is 33.8. The number of primary amides is 1. The lowest BCUT2D eigenvalue weighted by Gasteiger charge is -2.39. The Labute approximate surface area is 190 Å². The monoisotopic (exact) mass is 463 g/mol. The van der Waals surface area contributed by atoms with Crippen LogP contribution < -0.4 is 15.8 Å². The lowest BCUT2D eigenvalue weighted by molar-refractivity contribution is -0.0747. The number of carbonyl (C=O) groups is 2. The molecule has 2 amide bonds. The fourth-order valence-corrected chi connectivity index (χ4v) is 3.64. The number of halogens is 2. The minimum absolute atomic E-state index is 0.0551. The van der Waals surface area contributed by atoms with Crippen LogP contribution in [-0.2, 0) is 4.74 Å². The van der Waals surface area contributed by atoms with Gasteiger partial charge in [-0.15, -0.1) is 0 Å². The van der Waals surface area contributed by atoms with Crippen LogP contribution in [0.2, 0.25) is 0 Å². The van der Waals surface area contributed by atoms with Gasteiger partial charge >= 0.3 is 6.09 Å². The number of aromatic nitrogens is 2. The molecule has 1 saturated heterocycles. The summed E-state index contributed by atoms with van der Waals surface area (Å²) in [6, 6.07) is 6.22. The van der Waals surface area contributed by atoms with Crippen molar-refractivity contribution in [3.8, 4) is 5.75 Å². The summed E-state index contributed by atoms with van der Waals surface area (Å²) in [5.74, 6) is -2.21. The van der Waals surface area contributed by atoms with Gasteiger partial charge in [0.1, 0.15) is 23.1 Å². The Morgan fingerprint density at radius 2 is 2.09 bits per heavy atom. The van der Waals surface area contributed by atoms with Crippen molar-refractivity contribution in [3.63, 3.8) is 0 Å². The second kappa shape index (κ2) is 10.4. The van der Waals surface area contributed by atoms with Gasteiger partial charge in [0, 0.05) is 31.1 Å². The fraction of sp³-hybridized carbons (Fsp3) is 0.455. The molecule has 33 heavy (non-hydrogen) atoms. The molecule has 0 aliphatic carbocycles. The molecule has 3 N–H and O–H groups in total. The lowest BCUT2D eigenvalue weighted by atomic mass is 9.96. The van der Waals surface area contributed by atoms with Crippen molar-refractivity contribution < 1.29 is 27.8 Å². The van der Waals surface area contributed by atoms with E-state index in [-0.39, 0.29) is 31.6 Å². The van der Waals surface area contributed by atoms with Crippen molar-refractivity contribution >= 4 is 23.6 Å². The van der Waals surface area contributed by atoms with E-state index in [0.29, 0.717) is 29.6 Å². The Bertz CT molecular complexity index is 1000. The van der Waals surface area contributed by atoms with Crippen molar-refractivity contribution in [2.75, 3.05) is 25.1 Å². The van der Waals surface area contributed by atoms with Crippen LogP contribution >= 0.6 is 0 Å². The summed E-state index contributed by atoms with van der Waals surface area (Å²) in [5, 5.41) is 3.01. The second-order valence-electron chi connectivity index (χ2n) is 7.73. The predicted molar refractivity (Wildman–Crippen MR) is 117 cm³/mol. The maximum atomic E-state index is 14.2. The third-order valence-electron chi connectivity index (χ3n) is 5.24. The van der Waals surface area contributed by atoms with Crippen molar-refractivity contribution in [2.45, 2.75) is 45.1 Å². The summed E-state index contributed by atoms with van der Waals surface area (Å²) >= 11 is 0. The SMILES string of the molecule is CCOc1ccnc(Nc2ccc(C)c(C(=O)N3CC(F)(F)CC[C@@H]3CCOC(N)=O)n2)c1. The van der Waals surface area contributed by atoms with Crippen LogP contribution in [0.3, 0.4) is 0 Å². The van der Waals surface area contributed by atoms with Gasteiger partial charge < -0.3 is 25.4 Å². The summed E-state index contributed by atoms with van der Waals surface area (Å²) in [6.45, 7) is 3.25. The van der Waals surface area contributed by atoms with Crippen LogP contribution in [0.1, 0.15) is 42.2 Å². The Balaban J connectivity index is 1.81. The number of nitrogens with zero attached hydrogens (tertiary/aromatic N) is 3. The molecular formula is C22H27F2N5O4. The number of pyridine rings is 2. The van der Waals surface area contributed by atoms with Crippen LogP contribution in [0.25, 0.3) is 0 Å². The lowest BCUT2D eigenvalue weighted by Crippen LogP contribution is -2.52. The molecule has 0 aromatic carbocycles. The van der Waals surface area contributed by atoms with Crippen LogP contribution in [0.15, 0.2) is 30.5 Å². The molecule has 3 heterocycles. The van der Waals surface area contributed by atoms with E-state index in [1.807, 2.05) is 6.92 Å². The maximum Gasteiger partial charge on any atom is 0.404 e. The Morgan fingerprint density at radius 3 is 2.82 bits per heavy atom. The van der Waals surface area contributed by atoms with E-state index in [1.54, 1.807) is 37.4 Å². The normalized spacial score (nSPS) is 17.3. The molecule has 2 aromatic heterocycles. The third kappa shape index (κ3) is 6.50. The number of ether oxygens (including phenoxy) is 2. The number of piperidine rings is 1. The third-order valence-corrected chi connectivity index (χ3v) is 5.24. The van der Waals surface area contributed by atoms with Crippen molar-refractivity contribution in [3.05, 3.63) is 41.7 Å². The number of rotatable bonds is 8. The topological polar surface area (TPSA) is 120 Å². The maximum absolute atomic E-state index is 14.2. The number of amides is 2. The molecule has 0 saturated carbocycles. The van der Waals surface area contributed by atoms with Crippen LogP contribution in [-0.4, -0.2) is 58.6 Å². The zero-order valence-corrected chi connectivity index (χ0v) is 18.5. The minimum Gasteiger partial charge on any atom is -0.494 e. The van der Waals surface area contributed by atoms with Crippen LogP contribution in [0.4, 0.5) is 25.2 Å². The molecule has 0 radical (unpaired) electrons. The fourth-order valence-electron chi connectivity index (χ4n) is 3.64. The number of hydrogen-bond donors (Lipinski definition) is 2. The number of anilines is 2. The van der Waals surface area contributed by atoms with Gasteiger partial charge in [0.25, 0.3) is 11.8 Å². The molecule has 1 aliphatic rings. The molecule has 0 bridgehead atoms. The number of likely N-dealkylation sites (tertiary alicyclic amines) is 1. The molecule has 1 fully saturated rings. The first-order valence-corrected chi connectivity index (χ1v) is 10.6. The number of alkyl halides is 2. The zero-order chi connectivity index (χ0) is 24.0. The molecule has 3 rings (SSSR count). The summed E-state index contributed by atoms with van der Waals surface area (Å²) < 4.78 is 38.5. The summed E-state index contributed by atoms with van der Waals surface area (Å²) in [7, 11) is 0. The van der Waals surface area contributed by atoms with E-state index in [4.69, 9.17) is 15.2 Å². The molecule has 1 atom stereocenters. The number of aryl methyl sites for hydroxylation is 1. The van der Waals surface area contributed by atoms with Gasteiger partial charge in [0.15, 0.2) is 0 Å². The molecule has 178 valence electrons. The highest BCUT2D eigenvalue weighted by atomic mass is 19.3. The quantitative estimate of drug-likeness (QED) is 0.613. The van der Waals surface area contributed by atoms with Crippen molar-refractivity contribution in [1.29, 1.82) is 0 Å². The molecule has 0 unspecified atom stereocenters. The highest BCUT2D eigenvalue weighted by Gasteiger charge is 2.42. The second-order valence-corrected chi connectivity index (χ2v) is 7.73. The zero-order valence-electron chi connectivity index (χ0n) is 18.5. The van der Waals surface area contributed by atoms with Crippen LogP contribution in [0.5, 0.6) is 5.75 Å². The summed E-state index contributed by atoms with van der Waals surface area (Å²) in [6.07, 6.45) is 0.546. The first-order valence-electron chi connectivity index (χ1n) is 10.6. The van der Waals surface area contributed by atoms with Gasteiger partial charge in [-0.3, -0.25) is 4.79 Å². The van der Waals surface area contributed by atoms with E-state index in [2.05, 4.69) is 15.3 Å². The Morgan fingerprint density at radius 1 is 1.30 bits per heavy atom. The van der Waals surface area contributed by atoms with E-state index in [0.717, 1.165) is 4.90 Å². The molecular weight excluding hydrogens is 436 g/mol. The smallest absolute Gasteiger partial charge is 0.404 e. The van der Waals surface area contributed by atoms with Gasteiger partial charge in [-0.25, -0.2) is 23.5 Å². The first kappa shape index (κ1) is 24.1. The predicted octanol–water partition coefficient (Wildman–Crippen LogP) is 3.65. The number of hydrogen-bond acceptors (Lipinski definition) is 7. The number of nitrogens with one attached hydrogen (secondary N) is 1. The number of carbonyl (C=O) groups excluding carboxylic acids is 2. The average Bonchev–Trinajstić information content (AvgIpc) is 2.75. The molecule has 9 nitrogen and oxygen atoms in total. The highest BCUT2D eigenvalue weighted by Crippen LogP contribution is 2.33. The molecule has 1 aliphatic heterocycles. The van der Waals surface area contributed by atoms with E-state index in [9.17, 15) is 18.4 Å². The van der Waals surface area contributed by atoms with Crippen LogP contribution in [0, 0.1) is 6.92 Å². The highest BCUT2D eigenvalue weighted by molar-refractivity contribution is 5.94. The molecule has 11 heteroatoms. The Kier molecular flexibility index (Phi) is 7.62. The van der Waals surface area contributed by atoms with Crippen molar-refractivity contribution in [2.24, 2.45) is 5.73 Å². The van der Waals surface area contributed by atoms with E-state index < -0.39 is 30.5 Å². The van der Waals surface area contributed by atoms with E-state index >= 15 is 0 Å².